The molecular formula is C8H11N3O. The second kappa shape index (κ2) is 2.94. The van der Waals surface area contributed by atoms with Gasteiger partial charge in [-0.2, -0.15) is 4.98 Å². The molecule has 1 aromatic rings. The molecule has 0 saturated heterocycles. The maximum atomic E-state index is 6.61. The highest BCUT2D eigenvalue weighted by atomic mass is 16.5. The van der Waals surface area contributed by atoms with Gasteiger partial charge >= 0.3 is 0 Å². The second-order valence-corrected chi connectivity index (χ2v) is 3.58. The van der Waals surface area contributed by atoms with Crippen LogP contribution in [0.3, 0.4) is 0 Å². The monoisotopic (exact) mass is 165 g/mol. The van der Waals surface area contributed by atoms with E-state index in [0.29, 0.717) is 11.7 Å². The summed E-state index contributed by atoms with van der Waals surface area (Å²) in [7, 11) is 0. The summed E-state index contributed by atoms with van der Waals surface area (Å²) >= 11 is 0. The molecular weight excluding hydrogens is 154 g/mol. The number of aromatic nitrogens is 2. The van der Waals surface area contributed by atoms with Crippen LogP contribution in [0, 0.1) is 6.57 Å². The average Bonchev–Trinajstić information content (AvgIpc) is 2.35. The first-order valence-electron chi connectivity index (χ1n) is 3.70. The van der Waals surface area contributed by atoms with Gasteiger partial charge < -0.3 is 9.37 Å². The van der Waals surface area contributed by atoms with Crippen molar-refractivity contribution in [2.24, 2.45) is 0 Å². The van der Waals surface area contributed by atoms with Crippen molar-refractivity contribution in [3.63, 3.8) is 0 Å². The summed E-state index contributed by atoms with van der Waals surface area (Å²) in [6.07, 6.45) is 0. The third-order valence-corrected chi connectivity index (χ3v) is 1.33. The molecule has 0 aliphatic rings. The van der Waals surface area contributed by atoms with Crippen molar-refractivity contribution in [2.45, 2.75) is 32.7 Å². The summed E-state index contributed by atoms with van der Waals surface area (Å²) in [6, 6.07) is 0. The van der Waals surface area contributed by atoms with Crippen LogP contribution in [0.4, 0.5) is 0 Å². The lowest BCUT2D eigenvalue weighted by Gasteiger charge is -2.10. The first kappa shape index (κ1) is 8.72. The zero-order valence-corrected chi connectivity index (χ0v) is 7.46. The summed E-state index contributed by atoms with van der Waals surface area (Å²) in [5.74, 6) is 1.05. The molecule has 12 heavy (non-hydrogen) atoms. The molecule has 0 aliphatic heterocycles. The fraction of sp³-hybridized carbons (Fsp3) is 0.625. The van der Waals surface area contributed by atoms with Crippen LogP contribution in [0.2, 0.25) is 0 Å². The minimum atomic E-state index is -0.132. The molecule has 1 rings (SSSR count). The van der Waals surface area contributed by atoms with E-state index in [-0.39, 0.29) is 12.0 Å². The van der Waals surface area contributed by atoms with Crippen molar-refractivity contribution < 1.29 is 4.52 Å². The normalized spacial score (nSPS) is 11.2. The van der Waals surface area contributed by atoms with Crippen LogP contribution >= 0.6 is 0 Å². The average molecular weight is 165 g/mol. The van der Waals surface area contributed by atoms with E-state index < -0.39 is 0 Å². The van der Waals surface area contributed by atoms with Crippen molar-refractivity contribution in [3.05, 3.63) is 23.1 Å². The molecule has 0 fully saturated rings. The Kier molecular flexibility index (Phi) is 2.13. The molecule has 0 spiro atoms. The number of nitrogens with zero attached hydrogens (tertiary/aromatic N) is 3. The molecule has 0 atom stereocenters. The van der Waals surface area contributed by atoms with E-state index in [9.17, 15) is 0 Å². The van der Waals surface area contributed by atoms with Gasteiger partial charge in [0.05, 0.1) is 0 Å². The van der Waals surface area contributed by atoms with Gasteiger partial charge in [0.2, 0.25) is 5.89 Å². The highest BCUT2D eigenvalue weighted by molar-refractivity contribution is 4.98. The van der Waals surface area contributed by atoms with E-state index in [4.69, 9.17) is 11.1 Å². The summed E-state index contributed by atoms with van der Waals surface area (Å²) in [5.41, 5.74) is -0.132. The molecule has 1 aromatic heterocycles. The summed E-state index contributed by atoms with van der Waals surface area (Å²) in [6.45, 7) is 12.8. The van der Waals surface area contributed by atoms with Crippen LogP contribution < -0.4 is 0 Å². The minimum absolute atomic E-state index is 0.132. The standard InChI is InChI=1S/C8H11N3O/c1-8(2,3)7-10-6(5-9-4)11-12-7/h5H2,1-3H3. The Bertz CT molecular complexity index is 303. The molecule has 0 amide bonds. The Hall–Kier alpha value is -1.37. The van der Waals surface area contributed by atoms with Gasteiger partial charge in [-0.25, -0.2) is 6.57 Å². The lowest BCUT2D eigenvalue weighted by atomic mass is 9.97. The van der Waals surface area contributed by atoms with Crippen LogP contribution in [0.5, 0.6) is 0 Å². The smallest absolute Gasteiger partial charge is 0.276 e. The fourth-order valence-corrected chi connectivity index (χ4v) is 0.694. The topological polar surface area (TPSA) is 43.3 Å². The van der Waals surface area contributed by atoms with Gasteiger partial charge in [-0.05, 0) is 0 Å². The van der Waals surface area contributed by atoms with E-state index in [1.807, 2.05) is 20.8 Å². The van der Waals surface area contributed by atoms with Gasteiger partial charge in [0, 0.05) is 5.41 Å². The molecule has 64 valence electrons. The zero-order valence-electron chi connectivity index (χ0n) is 7.46. The zero-order chi connectivity index (χ0) is 9.19. The van der Waals surface area contributed by atoms with Crippen LogP contribution in [0.15, 0.2) is 4.52 Å². The Labute approximate surface area is 71.4 Å². The maximum absolute atomic E-state index is 6.61. The van der Waals surface area contributed by atoms with Crippen molar-refractivity contribution in [1.29, 1.82) is 0 Å². The maximum Gasteiger partial charge on any atom is 0.276 e. The molecule has 0 N–H and O–H groups in total. The van der Waals surface area contributed by atoms with Gasteiger partial charge in [0.1, 0.15) is 0 Å². The van der Waals surface area contributed by atoms with Gasteiger partial charge in [0.25, 0.3) is 12.4 Å². The highest BCUT2D eigenvalue weighted by Crippen LogP contribution is 2.19. The van der Waals surface area contributed by atoms with Gasteiger partial charge in [-0.15, -0.1) is 0 Å². The Morgan fingerprint density at radius 1 is 1.50 bits per heavy atom. The van der Waals surface area contributed by atoms with Crippen molar-refractivity contribution in [2.75, 3.05) is 0 Å². The van der Waals surface area contributed by atoms with Crippen LogP contribution in [-0.2, 0) is 12.0 Å². The predicted octanol–water partition coefficient (Wildman–Crippen LogP) is 1.79. The molecule has 0 unspecified atom stereocenters. The van der Waals surface area contributed by atoms with E-state index >= 15 is 0 Å². The lowest BCUT2D eigenvalue weighted by molar-refractivity contribution is 0.318. The summed E-state index contributed by atoms with van der Waals surface area (Å²) in [4.78, 5) is 7.25. The van der Waals surface area contributed by atoms with E-state index in [2.05, 4.69) is 15.0 Å². The van der Waals surface area contributed by atoms with Gasteiger partial charge in [-0.3, -0.25) is 0 Å². The van der Waals surface area contributed by atoms with E-state index in [1.54, 1.807) is 0 Å². The Morgan fingerprint density at radius 3 is 2.58 bits per heavy atom. The minimum Gasteiger partial charge on any atom is -0.338 e. The third kappa shape index (κ3) is 1.82. The first-order valence-corrected chi connectivity index (χ1v) is 3.70. The van der Waals surface area contributed by atoms with Crippen LogP contribution in [0.1, 0.15) is 32.5 Å². The molecule has 0 aromatic carbocycles. The molecule has 0 bridgehead atoms. The van der Waals surface area contributed by atoms with Gasteiger partial charge in [-0.1, -0.05) is 25.9 Å². The molecule has 0 radical (unpaired) electrons. The molecule has 1 heterocycles. The highest BCUT2D eigenvalue weighted by Gasteiger charge is 2.22. The molecule has 4 heteroatoms. The van der Waals surface area contributed by atoms with Crippen molar-refractivity contribution in [3.8, 4) is 0 Å². The van der Waals surface area contributed by atoms with E-state index in [1.165, 1.54) is 0 Å². The fourth-order valence-electron chi connectivity index (χ4n) is 0.694. The van der Waals surface area contributed by atoms with Crippen molar-refractivity contribution in [1.82, 2.24) is 10.1 Å². The molecule has 0 aliphatic carbocycles. The van der Waals surface area contributed by atoms with Gasteiger partial charge in [0.15, 0.2) is 0 Å². The summed E-state index contributed by atoms with van der Waals surface area (Å²) < 4.78 is 4.98. The predicted molar refractivity (Wildman–Crippen MR) is 43.3 cm³/mol. The molecule has 0 saturated carbocycles. The Balaban J connectivity index is 2.86. The second-order valence-electron chi connectivity index (χ2n) is 3.58. The number of hydrogen-bond donors (Lipinski definition) is 0. The first-order chi connectivity index (χ1) is 5.54. The lowest BCUT2D eigenvalue weighted by Crippen LogP contribution is -2.11. The molecule has 4 nitrogen and oxygen atoms in total. The SMILES string of the molecule is [C-]#[N+]Cc1noc(C(C)(C)C)n1. The summed E-state index contributed by atoms with van der Waals surface area (Å²) in [5, 5.41) is 3.67. The Morgan fingerprint density at radius 2 is 2.17 bits per heavy atom. The third-order valence-electron chi connectivity index (χ3n) is 1.33. The van der Waals surface area contributed by atoms with Crippen LogP contribution in [0.25, 0.3) is 4.85 Å². The quantitative estimate of drug-likeness (QED) is 0.596. The van der Waals surface area contributed by atoms with E-state index in [0.717, 1.165) is 0 Å². The largest absolute Gasteiger partial charge is 0.338 e. The number of rotatable bonds is 1. The number of hydrogen-bond acceptors (Lipinski definition) is 3. The van der Waals surface area contributed by atoms with Crippen molar-refractivity contribution >= 4 is 0 Å². The van der Waals surface area contributed by atoms with Crippen LogP contribution in [-0.4, -0.2) is 10.1 Å².